The summed E-state index contributed by atoms with van der Waals surface area (Å²) in [6, 6.07) is 6.98. The summed E-state index contributed by atoms with van der Waals surface area (Å²) in [7, 11) is 2.95. The lowest BCUT2D eigenvalue weighted by Gasteiger charge is -2.37. The third-order valence-electron chi connectivity index (χ3n) is 6.56. The van der Waals surface area contributed by atoms with Crippen LogP contribution in [0.1, 0.15) is 44.7 Å². The molecule has 3 aliphatic rings. The van der Waals surface area contributed by atoms with Crippen LogP contribution in [0.15, 0.2) is 51.6 Å². The van der Waals surface area contributed by atoms with Crippen molar-refractivity contribution >= 4 is 34.8 Å². The van der Waals surface area contributed by atoms with Gasteiger partial charge in [-0.15, -0.1) is 0 Å². The van der Waals surface area contributed by atoms with E-state index in [1.165, 1.54) is 18.9 Å². The highest BCUT2D eigenvalue weighted by Gasteiger charge is 2.41. The highest BCUT2D eigenvalue weighted by atomic mass is 32.2. The van der Waals surface area contributed by atoms with Crippen LogP contribution in [-0.2, 0) is 23.9 Å². The summed E-state index contributed by atoms with van der Waals surface area (Å²) < 4.78 is 15.6. The Morgan fingerprint density at radius 1 is 1.17 bits per heavy atom. The molecule has 2 atom stereocenters. The minimum Gasteiger partial charge on any atom is -0.497 e. The quantitative estimate of drug-likeness (QED) is 0.510. The van der Waals surface area contributed by atoms with E-state index in [0.29, 0.717) is 41.9 Å². The number of fused-ring (bicyclic) bond motifs is 1. The first-order chi connectivity index (χ1) is 17.4. The molecule has 4 rings (SSSR count). The number of esters is 2. The van der Waals surface area contributed by atoms with Gasteiger partial charge in [0.05, 0.1) is 50.5 Å². The third kappa shape index (κ3) is 5.13. The van der Waals surface area contributed by atoms with Crippen molar-refractivity contribution in [1.82, 2.24) is 9.80 Å². The molecule has 0 radical (unpaired) electrons. The van der Waals surface area contributed by atoms with Crippen molar-refractivity contribution in [3.63, 3.8) is 0 Å². The summed E-state index contributed by atoms with van der Waals surface area (Å²) in [5.41, 5.74) is 2.60. The van der Waals surface area contributed by atoms with Gasteiger partial charge in [-0.05, 0) is 49.8 Å². The Labute approximate surface area is 215 Å². The fourth-order valence-electron chi connectivity index (χ4n) is 4.77. The van der Waals surface area contributed by atoms with Crippen LogP contribution >= 0.6 is 11.8 Å². The molecule has 3 aliphatic heterocycles. The number of carbonyl (C=O) groups excluding carboxylic acids is 3. The maximum Gasteiger partial charge on any atom is 0.338 e. The fourth-order valence-corrected chi connectivity index (χ4v) is 5.73. The fraction of sp³-hybridized carbons (Fsp3) is 0.462. The molecular formula is C26H31N3O6S. The second-order valence-electron chi connectivity index (χ2n) is 8.77. The number of allylic oxidation sites excluding steroid dienone is 1. The van der Waals surface area contributed by atoms with Gasteiger partial charge in [0.2, 0.25) is 5.91 Å². The Morgan fingerprint density at radius 3 is 2.58 bits per heavy atom. The molecule has 10 heteroatoms. The van der Waals surface area contributed by atoms with E-state index in [1.807, 2.05) is 34.6 Å². The Morgan fingerprint density at radius 2 is 1.92 bits per heavy atom. The second-order valence-corrected chi connectivity index (χ2v) is 9.60. The van der Waals surface area contributed by atoms with Gasteiger partial charge in [0.15, 0.2) is 5.17 Å². The summed E-state index contributed by atoms with van der Waals surface area (Å²) in [5, 5.41) is 2.61. The molecular weight excluding hydrogens is 482 g/mol. The Balaban J connectivity index is 1.60. The molecule has 0 bridgehead atoms. The van der Waals surface area contributed by atoms with E-state index < -0.39 is 12.0 Å². The van der Waals surface area contributed by atoms with Crippen molar-refractivity contribution in [3.8, 4) is 5.75 Å². The number of aliphatic imine (C=N–C) groups is 1. The second kappa shape index (κ2) is 11.2. The molecule has 0 aliphatic carbocycles. The van der Waals surface area contributed by atoms with Crippen LogP contribution in [-0.4, -0.2) is 66.7 Å². The number of rotatable bonds is 7. The van der Waals surface area contributed by atoms with Gasteiger partial charge in [-0.25, -0.2) is 9.79 Å². The molecule has 1 amide bonds. The molecule has 192 valence electrons. The lowest BCUT2D eigenvalue weighted by atomic mass is 9.93. The minimum atomic E-state index is -0.501. The topological polar surface area (TPSA) is 97.7 Å². The van der Waals surface area contributed by atoms with Crippen LogP contribution in [0, 0.1) is 5.92 Å². The zero-order chi connectivity index (χ0) is 25.8. The largest absolute Gasteiger partial charge is 0.497 e. The molecule has 3 heterocycles. The first-order valence-corrected chi connectivity index (χ1v) is 12.9. The smallest absolute Gasteiger partial charge is 0.338 e. The average molecular weight is 514 g/mol. The molecule has 0 aromatic heterocycles. The summed E-state index contributed by atoms with van der Waals surface area (Å²) in [6.07, 6.45) is 1.60. The first-order valence-electron chi connectivity index (χ1n) is 12.0. The van der Waals surface area contributed by atoms with E-state index in [9.17, 15) is 14.4 Å². The van der Waals surface area contributed by atoms with E-state index in [0.717, 1.165) is 24.1 Å². The number of carbonyl (C=O) groups is 3. The number of hydrogen-bond acceptors (Lipinski definition) is 9. The summed E-state index contributed by atoms with van der Waals surface area (Å²) in [6.45, 7) is 4.86. The molecule has 2 unspecified atom stereocenters. The van der Waals surface area contributed by atoms with Crippen molar-refractivity contribution < 1.29 is 28.6 Å². The highest BCUT2D eigenvalue weighted by Crippen LogP contribution is 2.45. The third-order valence-corrected chi connectivity index (χ3v) is 7.45. The van der Waals surface area contributed by atoms with E-state index in [-0.39, 0.29) is 24.2 Å². The van der Waals surface area contributed by atoms with Crippen LogP contribution in [0.2, 0.25) is 0 Å². The zero-order valence-electron chi connectivity index (χ0n) is 21.0. The lowest BCUT2D eigenvalue weighted by molar-refractivity contribution is -0.151. The van der Waals surface area contributed by atoms with E-state index in [2.05, 4.69) is 4.99 Å². The maximum absolute atomic E-state index is 13.4. The number of nitrogens with zero attached hydrogens (tertiary/aromatic N) is 3. The van der Waals surface area contributed by atoms with Crippen LogP contribution in [0.3, 0.4) is 0 Å². The van der Waals surface area contributed by atoms with Gasteiger partial charge >= 0.3 is 11.9 Å². The van der Waals surface area contributed by atoms with Crippen LogP contribution < -0.4 is 4.74 Å². The van der Waals surface area contributed by atoms with Gasteiger partial charge in [0, 0.05) is 18.8 Å². The molecule has 0 spiro atoms. The summed E-state index contributed by atoms with van der Waals surface area (Å²) >= 11 is 1.42. The Kier molecular flexibility index (Phi) is 8.03. The van der Waals surface area contributed by atoms with E-state index in [1.54, 1.807) is 25.9 Å². The number of ether oxygens (including phenoxy) is 3. The van der Waals surface area contributed by atoms with Crippen molar-refractivity contribution in [2.75, 3.05) is 33.9 Å². The van der Waals surface area contributed by atoms with Gasteiger partial charge in [-0.3, -0.25) is 9.59 Å². The standard InChI is InChI=1S/C26H31N3O6S/c1-5-35-24(31)18-7-6-12-28(14-18)21(30)13-19-15-36-26-27-16(2)22(25(32)34-4)23(29(19)26)17-8-10-20(33-3)11-9-17/h8-11,15,18,23H,5-7,12-14H2,1-4H3. The normalized spacial score (nSPS) is 21.4. The number of hydrogen-bond donors (Lipinski definition) is 0. The molecule has 9 nitrogen and oxygen atoms in total. The lowest BCUT2D eigenvalue weighted by Crippen LogP contribution is -2.44. The van der Waals surface area contributed by atoms with E-state index >= 15 is 0 Å². The molecule has 1 aromatic rings. The van der Waals surface area contributed by atoms with Crippen LogP contribution in [0.4, 0.5) is 0 Å². The van der Waals surface area contributed by atoms with Gasteiger partial charge < -0.3 is 24.0 Å². The number of amides is 1. The van der Waals surface area contributed by atoms with E-state index in [4.69, 9.17) is 14.2 Å². The van der Waals surface area contributed by atoms with Crippen LogP contribution in [0.25, 0.3) is 0 Å². The number of likely N-dealkylation sites (tertiary alicyclic amines) is 1. The Bertz CT molecular complexity index is 1130. The van der Waals surface area contributed by atoms with Gasteiger partial charge in [-0.2, -0.15) is 0 Å². The average Bonchev–Trinajstić information content (AvgIpc) is 3.29. The molecule has 1 fully saturated rings. The zero-order valence-corrected chi connectivity index (χ0v) is 21.8. The highest BCUT2D eigenvalue weighted by molar-refractivity contribution is 8.16. The van der Waals surface area contributed by atoms with Gasteiger partial charge in [0.25, 0.3) is 0 Å². The van der Waals surface area contributed by atoms with Crippen molar-refractivity contribution in [2.45, 2.75) is 39.2 Å². The van der Waals surface area contributed by atoms with Gasteiger partial charge in [0.1, 0.15) is 5.75 Å². The number of thioether (sulfide) groups is 1. The monoisotopic (exact) mass is 513 g/mol. The molecule has 1 saturated heterocycles. The number of amidine groups is 1. The molecule has 0 saturated carbocycles. The summed E-state index contributed by atoms with van der Waals surface area (Å²) in [4.78, 5) is 46.8. The number of benzene rings is 1. The maximum atomic E-state index is 13.4. The number of piperidine rings is 1. The minimum absolute atomic E-state index is 0.0727. The molecule has 1 aromatic carbocycles. The molecule has 36 heavy (non-hydrogen) atoms. The van der Waals surface area contributed by atoms with Crippen molar-refractivity contribution in [2.24, 2.45) is 10.9 Å². The predicted molar refractivity (Wildman–Crippen MR) is 136 cm³/mol. The van der Waals surface area contributed by atoms with Gasteiger partial charge in [-0.1, -0.05) is 23.9 Å². The predicted octanol–water partition coefficient (Wildman–Crippen LogP) is 3.63. The SMILES string of the molecule is CCOC(=O)C1CCCN(C(=O)CC2=CSC3=NC(C)=C(C(=O)OC)C(c4ccc(OC)cc4)N23)C1. The Hall–Kier alpha value is -3.27. The van der Waals surface area contributed by atoms with Crippen molar-refractivity contribution in [1.29, 1.82) is 0 Å². The van der Waals surface area contributed by atoms with Crippen LogP contribution in [0.5, 0.6) is 5.75 Å². The number of methoxy groups -OCH3 is 2. The summed E-state index contributed by atoms with van der Waals surface area (Å²) in [5.74, 6) is -0.389. The molecule has 0 N–H and O–H groups in total. The van der Waals surface area contributed by atoms with Crippen molar-refractivity contribution in [3.05, 3.63) is 52.2 Å². The first kappa shape index (κ1) is 25.8.